The third-order valence-corrected chi connectivity index (χ3v) is 6.72. The summed E-state index contributed by atoms with van der Waals surface area (Å²) in [5, 5.41) is 3.33. The zero-order valence-electron chi connectivity index (χ0n) is 20.2. The molecular weight excluding hydrogens is 428 g/mol. The fourth-order valence-corrected chi connectivity index (χ4v) is 4.59. The number of furan rings is 1. The van der Waals surface area contributed by atoms with Crippen LogP contribution in [0.15, 0.2) is 40.9 Å². The Labute approximate surface area is 200 Å². The van der Waals surface area contributed by atoms with Gasteiger partial charge in [0, 0.05) is 75.2 Å². The van der Waals surface area contributed by atoms with Crippen LogP contribution in [0.1, 0.15) is 30.2 Å². The number of nitrogens with one attached hydrogen (secondary N) is 1. The van der Waals surface area contributed by atoms with Crippen LogP contribution in [0.5, 0.6) is 0 Å². The molecule has 0 aliphatic carbocycles. The van der Waals surface area contributed by atoms with Crippen molar-refractivity contribution in [1.82, 2.24) is 19.8 Å². The Morgan fingerprint density at radius 1 is 1.12 bits per heavy atom. The molecule has 3 aromatic rings. The molecule has 0 saturated carbocycles. The third kappa shape index (κ3) is 4.63. The molecule has 2 aliphatic heterocycles. The number of fused-ring (bicyclic) bond motifs is 1. The second-order valence-electron chi connectivity index (χ2n) is 9.17. The Hall–Kier alpha value is -3.39. The highest BCUT2D eigenvalue weighted by molar-refractivity contribution is 5.76. The van der Waals surface area contributed by atoms with Crippen molar-refractivity contribution in [3.05, 3.63) is 53.4 Å². The van der Waals surface area contributed by atoms with Gasteiger partial charge in [0.2, 0.25) is 11.9 Å². The number of benzene rings is 1. The molecule has 2 aliphatic rings. The van der Waals surface area contributed by atoms with Crippen LogP contribution in [0.4, 0.5) is 17.3 Å². The molecule has 34 heavy (non-hydrogen) atoms. The maximum Gasteiger partial charge on any atom is 0.227 e. The van der Waals surface area contributed by atoms with Gasteiger partial charge >= 0.3 is 0 Å². The number of amides is 1. The predicted octanol–water partition coefficient (Wildman–Crippen LogP) is 3.84. The number of aryl methyl sites for hydroxylation is 1. The van der Waals surface area contributed by atoms with Crippen molar-refractivity contribution >= 4 is 23.2 Å². The molecular formula is C26H32N6O2. The Balaban J connectivity index is 1.31. The van der Waals surface area contributed by atoms with Gasteiger partial charge in [0.25, 0.3) is 0 Å². The van der Waals surface area contributed by atoms with E-state index < -0.39 is 0 Å². The molecule has 0 radical (unpaired) electrons. The van der Waals surface area contributed by atoms with Gasteiger partial charge in [0.05, 0.1) is 0 Å². The molecule has 1 aromatic carbocycles. The SMILES string of the molecule is CCC(=O)N1CCc2oc(-c3nc(Nc4ccc(N5CCN(C)CC5)cc4)ncc3C)cc2C1. The smallest absolute Gasteiger partial charge is 0.227 e. The normalized spacial score (nSPS) is 16.4. The van der Waals surface area contributed by atoms with Crippen molar-refractivity contribution in [2.24, 2.45) is 0 Å². The first kappa shape index (κ1) is 22.4. The lowest BCUT2D eigenvalue weighted by atomic mass is 10.1. The van der Waals surface area contributed by atoms with E-state index in [9.17, 15) is 4.79 Å². The number of carbonyl (C=O) groups excluding carboxylic acids is 1. The topological polar surface area (TPSA) is 77.7 Å². The lowest BCUT2D eigenvalue weighted by Gasteiger charge is -2.34. The molecule has 2 aromatic heterocycles. The van der Waals surface area contributed by atoms with E-state index in [0.29, 0.717) is 25.5 Å². The number of piperazine rings is 1. The van der Waals surface area contributed by atoms with E-state index in [-0.39, 0.29) is 5.91 Å². The van der Waals surface area contributed by atoms with Gasteiger partial charge in [-0.3, -0.25) is 4.79 Å². The van der Waals surface area contributed by atoms with Gasteiger partial charge in [0.1, 0.15) is 11.5 Å². The molecule has 4 heterocycles. The fourth-order valence-electron chi connectivity index (χ4n) is 4.59. The third-order valence-electron chi connectivity index (χ3n) is 6.72. The van der Waals surface area contributed by atoms with E-state index in [1.807, 2.05) is 31.0 Å². The summed E-state index contributed by atoms with van der Waals surface area (Å²) in [5.41, 5.74) is 4.97. The zero-order valence-corrected chi connectivity index (χ0v) is 20.2. The summed E-state index contributed by atoms with van der Waals surface area (Å²) >= 11 is 0. The van der Waals surface area contributed by atoms with Gasteiger partial charge < -0.3 is 24.4 Å². The van der Waals surface area contributed by atoms with Crippen molar-refractivity contribution in [1.29, 1.82) is 0 Å². The Morgan fingerprint density at radius 2 is 1.88 bits per heavy atom. The molecule has 0 unspecified atom stereocenters. The van der Waals surface area contributed by atoms with Crippen molar-refractivity contribution in [2.75, 3.05) is 50.0 Å². The molecule has 8 heteroatoms. The number of hydrogen-bond donors (Lipinski definition) is 1. The van der Waals surface area contributed by atoms with Crippen molar-refractivity contribution in [3.8, 4) is 11.5 Å². The van der Waals surface area contributed by atoms with Crippen LogP contribution in [0.2, 0.25) is 0 Å². The molecule has 0 bridgehead atoms. The highest BCUT2D eigenvalue weighted by Gasteiger charge is 2.24. The lowest BCUT2D eigenvalue weighted by molar-refractivity contribution is -0.131. The first-order valence-electron chi connectivity index (χ1n) is 12.0. The summed E-state index contributed by atoms with van der Waals surface area (Å²) in [6, 6.07) is 10.5. The van der Waals surface area contributed by atoms with Crippen LogP contribution in [0.25, 0.3) is 11.5 Å². The van der Waals surface area contributed by atoms with Crippen molar-refractivity contribution < 1.29 is 9.21 Å². The molecule has 1 saturated heterocycles. The maximum atomic E-state index is 12.1. The quantitative estimate of drug-likeness (QED) is 0.620. The summed E-state index contributed by atoms with van der Waals surface area (Å²) in [5.74, 6) is 2.38. The molecule has 1 fully saturated rings. The number of carbonyl (C=O) groups is 1. The first-order valence-corrected chi connectivity index (χ1v) is 12.0. The summed E-state index contributed by atoms with van der Waals surface area (Å²) < 4.78 is 6.17. The van der Waals surface area contributed by atoms with Crippen LogP contribution in [-0.4, -0.2) is 65.4 Å². The summed E-state index contributed by atoms with van der Waals surface area (Å²) in [6.45, 7) is 9.45. The predicted molar refractivity (Wildman–Crippen MR) is 133 cm³/mol. The highest BCUT2D eigenvalue weighted by atomic mass is 16.3. The van der Waals surface area contributed by atoms with Gasteiger partial charge in [-0.2, -0.15) is 0 Å². The van der Waals surface area contributed by atoms with E-state index in [2.05, 4.69) is 51.4 Å². The Kier molecular flexibility index (Phi) is 6.24. The van der Waals surface area contributed by atoms with Crippen LogP contribution in [-0.2, 0) is 17.8 Å². The monoisotopic (exact) mass is 460 g/mol. The summed E-state index contributed by atoms with van der Waals surface area (Å²) in [6.07, 6.45) is 3.07. The zero-order chi connectivity index (χ0) is 23.7. The largest absolute Gasteiger partial charge is 0.459 e. The van der Waals surface area contributed by atoms with Gasteiger partial charge in [-0.15, -0.1) is 0 Å². The number of hydrogen-bond acceptors (Lipinski definition) is 7. The Morgan fingerprint density at radius 3 is 2.62 bits per heavy atom. The van der Waals surface area contributed by atoms with E-state index in [0.717, 1.165) is 66.6 Å². The van der Waals surface area contributed by atoms with Crippen molar-refractivity contribution in [2.45, 2.75) is 33.2 Å². The number of aromatic nitrogens is 2. The fraction of sp³-hybridized carbons (Fsp3) is 0.423. The molecule has 0 atom stereocenters. The average Bonchev–Trinajstić information content (AvgIpc) is 3.29. The van der Waals surface area contributed by atoms with E-state index in [1.165, 1.54) is 5.69 Å². The molecule has 1 N–H and O–H groups in total. The van der Waals surface area contributed by atoms with E-state index in [4.69, 9.17) is 9.40 Å². The number of anilines is 3. The van der Waals surface area contributed by atoms with Gasteiger partial charge in [-0.1, -0.05) is 6.92 Å². The van der Waals surface area contributed by atoms with Crippen LogP contribution in [0, 0.1) is 6.92 Å². The molecule has 8 nitrogen and oxygen atoms in total. The highest BCUT2D eigenvalue weighted by Crippen LogP contribution is 2.31. The molecule has 0 spiro atoms. The number of nitrogens with zero attached hydrogens (tertiary/aromatic N) is 5. The first-order chi connectivity index (χ1) is 16.5. The van der Waals surface area contributed by atoms with Gasteiger partial charge in [-0.05, 0) is 49.9 Å². The molecule has 5 rings (SSSR count). The van der Waals surface area contributed by atoms with Crippen LogP contribution < -0.4 is 10.2 Å². The standard InChI is InChI=1S/C26H32N6O2/c1-4-24(33)32-10-9-22-19(17-32)15-23(34-22)25-18(2)16-27-26(29-25)28-20-5-7-21(8-6-20)31-13-11-30(3)12-14-31/h5-8,15-16H,4,9-14,17H2,1-3H3,(H,27,28,29). The molecule has 178 valence electrons. The second-order valence-corrected chi connectivity index (χ2v) is 9.17. The Bertz CT molecular complexity index is 1160. The number of rotatable bonds is 5. The van der Waals surface area contributed by atoms with Crippen molar-refractivity contribution in [3.63, 3.8) is 0 Å². The molecule has 1 amide bonds. The maximum absolute atomic E-state index is 12.1. The average molecular weight is 461 g/mol. The minimum absolute atomic E-state index is 0.178. The van der Waals surface area contributed by atoms with Crippen LogP contribution in [0.3, 0.4) is 0 Å². The van der Waals surface area contributed by atoms with Crippen LogP contribution >= 0.6 is 0 Å². The number of likely N-dealkylation sites (N-methyl/N-ethyl adjacent to an activating group) is 1. The summed E-state index contributed by atoms with van der Waals surface area (Å²) in [7, 11) is 2.17. The van der Waals surface area contributed by atoms with Gasteiger partial charge in [-0.25, -0.2) is 9.97 Å². The van der Waals surface area contributed by atoms with E-state index >= 15 is 0 Å². The second kappa shape index (κ2) is 9.46. The minimum Gasteiger partial charge on any atom is -0.459 e. The minimum atomic E-state index is 0.178. The lowest BCUT2D eigenvalue weighted by Crippen LogP contribution is -2.44. The van der Waals surface area contributed by atoms with E-state index in [1.54, 1.807) is 0 Å². The summed E-state index contributed by atoms with van der Waals surface area (Å²) in [4.78, 5) is 28.0. The van der Waals surface area contributed by atoms with Gasteiger partial charge in [0.15, 0.2) is 5.76 Å².